The van der Waals surface area contributed by atoms with Crippen LogP contribution in [0.4, 0.5) is 4.39 Å². The van der Waals surface area contributed by atoms with Crippen molar-refractivity contribution >= 4 is 33.2 Å². The summed E-state index contributed by atoms with van der Waals surface area (Å²) < 4.78 is 20.9. The second-order valence-corrected chi connectivity index (χ2v) is 8.74. The number of nitrogens with zero attached hydrogens (tertiary/aromatic N) is 2. The zero-order chi connectivity index (χ0) is 20.2. The Morgan fingerprint density at radius 3 is 2.55 bits per heavy atom. The molecule has 0 aromatic heterocycles. The maximum Gasteiger partial charge on any atom is 0.221 e. The van der Waals surface area contributed by atoms with Crippen molar-refractivity contribution in [3.05, 3.63) is 98.7 Å². The quantitative estimate of drug-likeness (QED) is 0.417. The molecule has 0 spiro atoms. The van der Waals surface area contributed by atoms with Crippen LogP contribution in [0.25, 0.3) is 0 Å². The first kappa shape index (κ1) is 18.6. The smallest absolute Gasteiger partial charge is 0.221 e. The minimum absolute atomic E-state index is 0.0221. The molecule has 3 aromatic rings. The molecule has 0 saturated heterocycles. The Labute approximate surface area is 181 Å². The first-order valence-corrected chi connectivity index (χ1v) is 10.5. The Morgan fingerprint density at radius 1 is 1.10 bits per heavy atom. The van der Waals surface area contributed by atoms with Crippen LogP contribution in [0.5, 0.6) is 5.75 Å². The molecule has 0 saturated carbocycles. The van der Waals surface area contributed by atoms with E-state index in [9.17, 15) is 4.39 Å². The van der Waals surface area contributed by atoms with Gasteiger partial charge in [0, 0.05) is 34.0 Å². The molecular formula is C23H17BrClFN2O. The summed E-state index contributed by atoms with van der Waals surface area (Å²) in [7, 11) is 0. The van der Waals surface area contributed by atoms with Crippen molar-refractivity contribution in [3.63, 3.8) is 0 Å². The van der Waals surface area contributed by atoms with Crippen LogP contribution in [-0.4, -0.2) is 10.7 Å². The van der Waals surface area contributed by atoms with Gasteiger partial charge in [-0.2, -0.15) is 5.10 Å². The standard InChI is InChI=1S/C23H17BrClFN2O/c1-23(15-4-6-16(24)7-5-15)28-21(19-12-17(25)8-11-22(19)29-23)13-20(27-28)14-2-9-18(26)10-3-14/h2-12,21H,13H2,1H3/t21-,23+/m1/s1. The molecule has 0 bridgehead atoms. The molecule has 3 nitrogen and oxygen atoms in total. The Kier molecular flexibility index (Phi) is 4.41. The summed E-state index contributed by atoms with van der Waals surface area (Å²) in [4.78, 5) is 0. The van der Waals surface area contributed by atoms with Gasteiger partial charge in [-0.3, -0.25) is 0 Å². The summed E-state index contributed by atoms with van der Waals surface area (Å²) in [6, 6.07) is 20.2. The lowest BCUT2D eigenvalue weighted by Gasteiger charge is -2.46. The van der Waals surface area contributed by atoms with E-state index in [1.165, 1.54) is 12.1 Å². The monoisotopic (exact) mass is 470 g/mol. The molecule has 0 aliphatic carbocycles. The molecule has 29 heavy (non-hydrogen) atoms. The predicted octanol–water partition coefficient (Wildman–Crippen LogP) is 6.66. The van der Waals surface area contributed by atoms with Crippen molar-refractivity contribution in [2.24, 2.45) is 5.10 Å². The number of halogens is 3. The maximum absolute atomic E-state index is 13.4. The molecule has 0 fully saturated rings. The number of hydrogen-bond acceptors (Lipinski definition) is 3. The van der Waals surface area contributed by atoms with Gasteiger partial charge in [-0.15, -0.1) is 0 Å². The average Bonchev–Trinajstić information content (AvgIpc) is 3.16. The summed E-state index contributed by atoms with van der Waals surface area (Å²) in [6.45, 7) is 2.03. The van der Waals surface area contributed by atoms with Gasteiger partial charge < -0.3 is 4.74 Å². The molecule has 0 unspecified atom stereocenters. The molecule has 146 valence electrons. The Bertz CT molecular complexity index is 1120. The lowest BCUT2D eigenvalue weighted by molar-refractivity contribution is -0.112. The molecule has 2 aliphatic rings. The summed E-state index contributed by atoms with van der Waals surface area (Å²) in [5, 5.41) is 7.61. The Morgan fingerprint density at radius 2 is 1.83 bits per heavy atom. The normalized spacial score (nSPS) is 22.6. The van der Waals surface area contributed by atoms with Crippen LogP contribution in [0.2, 0.25) is 5.02 Å². The van der Waals surface area contributed by atoms with Crippen LogP contribution >= 0.6 is 27.5 Å². The molecule has 0 radical (unpaired) electrons. The number of hydrogen-bond donors (Lipinski definition) is 0. The molecule has 3 aromatic carbocycles. The number of hydrazone groups is 1. The van der Waals surface area contributed by atoms with E-state index in [-0.39, 0.29) is 11.9 Å². The molecule has 6 heteroatoms. The van der Waals surface area contributed by atoms with Crippen LogP contribution in [-0.2, 0) is 5.72 Å². The van der Waals surface area contributed by atoms with Crippen molar-refractivity contribution in [1.29, 1.82) is 0 Å². The highest BCUT2D eigenvalue weighted by atomic mass is 79.9. The Balaban J connectivity index is 1.65. The van der Waals surface area contributed by atoms with Crippen LogP contribution in [0.15, 0.2) is 76.3 Å². The van der Waals surface area contributed by atoms with Gasteiger partial charge in [-0.1, -0.05) is 51.8 Å². The van der Waals surface area contributed by atoms with Crippen molar-refractivity contribution in [1.82, 2.24) is 5.01 Å². The predicted molar refractivity (Wildman–Crippen MR) is 116 cm³/mol. The van der Waals surface area contributed by atoms with Gasteiger partial charge in [-0.25, -0.2) is 9.40 Å². The zero-order valence-electron chi connectivity index (χ0n) is 15.6. The van der Waals surface area contributed by atoms with E-state index in [1.807, 2.05) is 54.4 Å². The van der Waals surface area contributed by atoms with Gasteiger partial charge in [0.2, 0.25) is 5.72 Å². The molecule has 5 rings (SSSR count). The summed E-state index contributed by atoms with van der Waals surface area (Å²) in [5.74, 6) is 0.543. The van der Waals surface area contributed by atoms with Crippen molar-refractivity contribution in [2.75, 3.05) is 0 Å². The third-order valence-corrected chi connectivity index (χ3v) is 6.31. The second-order valence-electron chi connectivity index (χ2n) is 7.39. The third kappa shape index (κ3) is 3.13. The molecule has 2 atom stereocenters. The lowest BCUT2D eigenvalue weighted by Crippen LogP contribution is -2.48. The van der Waals surface area contributed by atoms with Crippen molar-refractivity contribution in [3.8, 4) is 5.75 Å². The molecule has 0 amide bonds. The van der Waals surface area contributed by atoms with Crippen LogP contribution < -0.4 is 4.74 Å². The van der Waals surface area contributed by atoms with Crippen molar-refractivity contribution < 1.29 is 9.13 Å². The molecule has 2 heterocycles. The van der Waals surface area contributed by atoms with Crippen LogP contribution in [0.1, 0.15) is 36.1 Å². The van der Waals surface area contributed by atoms with Gasteiger partial charge in [0.25, 0.3) is 0 Å². The maximum atomic E-state index is 13.4. The van der Waals surface area contributed by atoms with Gasteiger partial charge in [0.05, 0.1) is 11.8 Å². The second kappa shape index (κ2) is 6.85. The number of ether oxygens (including phenoxy) is 1. The fourth-order valence-electron chi connectivity index (χ4n) is 4.05. The van der Waals surface area contributed by atoms with Gasteiger partial charge in [0.15, 0.2) is 0 Å². The zero-order valence-corrected chi connectivity index (χ0v) is 17.9. The van der Waals surface area contributed by atoms with E-state index in [0.717, 1.165) is 32.6 Å². The number of fused-ring (bicyclic) bond motifs is 3. The summed E-state index contributed by atoms with van der Waals surface area (Å²) >= 11 is 9.78. The molecule has 2 aliphatic heterocycles. The van der Waals surface area contributed by atoms with Gasteiger partial charge >= 0.3 is 0 Å². The summed E-state index contributed by atoms with van der Waals surface area (Å²) in [6.07, 6.45) is 0.689. The van der Waals surface area contributed by atoms with E-state index < -0.39 is 5.72 Å². The van der Waals surface area contributed by atoms with Crippen LogP contribution in [0.3, 0.4) is 0 Å². The highest BCUT2D eigenvalue weighted by Crippen LogP contribution is 2.50. The van der Waals surface area contributed by atoms with Gasteiger partial charge in [0.1, 0.15) is 11.6 Å². The number of benzene rings is 3. The first-order valence-electron chi connectivity index (χ1n) is 9.31. The minimum atomic E-state index is -0.784. The van der Waals surface area contributed by atoms with Crippen molar-refractivity contribution in [2.45, 2.75) is 25.1 Å². The number of rotatable bonds is 2. The highest BCUT2D eigenvalue weighted by molar-refractivity contribution is 9.10. The Hall–Kier alpha value is -2.37. The first-order chi connectivity index (χ1) is 13.9. The largest absolute Gasteiger partial charge is 0.462 e. The third-order valence-electron chi connectivity index (χ3n) is 5.54. The highest BCUT2D eigenvalue weighted by Gasteiger charge is 2.48. The van der Waals surface area contributed by atoms with Crippen LogP contribution in [0, 0.1) is 5.82 Å². The van der Waals surface area contributed by atoms with E-state index in [2.05, 4.69) is 15.9 Å². The lowest BCUT2D eigenvalue weighted by atomic mass is 9.92. The van der Waals surface area contributed by atoms with E-state index in [4.69, 9.17) is 21.4 Å². The average molecular weight is 472 g/mol. The summed E-state index contributed by atoms with van der Waals surface area (Å²) in [5.41, 5.74) is 3.02. The minimum Gasteiger partial charge on any atom is -0.462 e. The van der Waals surface area contributed by atoms with Gasteiger partial charge in [-0.05, 0) is 48.0 Å². The topological polar surface area (TPSA) is 24.8 Å². The molecular weight excluding hydrogens is 455 g/mol. The van der Waals surface area contributed by atoms with E-state index >= 15 is 0 Å². The fraction of sp³-hybridized carbons (Fsp3) is 0.174. The fourth-order valence-corrected chi connectivity index (χ4v) is 4.49. The SMILES string of the molecule is C[C@@]1(c2ccc(Br)cc2)Oc2ccc(Cl)cc2[C@H]2CC(c3ccc(F)cc3)=NN21. The van der Waals surface area contributed by atoms with E-state index in [0.29, 0.717) is 11.4 Å². The molecule has 0 N–H and O–H groups in total. The van der Waals surface area contributed by atoms with E-state index in [1.54, 1.807) is 12.1 Å².